The minimum absolute atomic E-state index is 0.0380. The standard InChI is InChI=1S/C19H18N2/c20-19(16-9-13-5-1-2-6-14(13)10-16)18-12-21-11-15-7-3-4-8-17(15)18/h1-8,11-12,16,19H,9-10,20H2. The van der Waals surface area contributed by atoms with E-state index < -0.39 is 0 Å². The van der Waals surface area contributed by atoms with Crippen molar-refractivity contribution in [2.45, 2.75) is 18.9 Å². The first-order chi connectivity index (χ1) is 10.3. The lowest BCUT2D eigenvalue weighted by molar-refractivity contribution is 0.455. The molecular weight excluding hydrogens is 256 g/mol. The van der Waals surface area contributed by atoms with Gasteiger partial charge >= 0.3 is 0 Å². The highest BCUT2D eigenvalue weighted by molar-refractivity contribution is 5.85. The number of rotatable bonds is 2. The van der Waals surface area contributed by atoms with E-state index in [0.717, 1.165) is 12.8 Å². The summed E-state index contributed by atoms with van der Waals surface area (Å²) in [5.74, 6) is 0.468. The van der Waals surface area contributed by atoms with E-state index in [1.54, 1.807) is 0 Å². The van der Waals surface area contributed by atoms with Gasteiger partial charge in [-0.2, -0.15) is 0 Å². The predicted molar refractivity (Wildman–Crippen MR) is 86.0 cm³/mol. The number of hydrogen-bond acceptors (Lipinski definition) is 2. The average molecular weight is 274 g/mol. The van der Waals surface area contributed by atoms with Crippen molar-refractivity contribution in [3.05, 3.63) is 77.6 Å². The maximum atomic E-state index is 6.61. The number of pyridine rings is 1. The van der Waals surface area contributed by atoms with Gasteiger partial charge in [-0.05, 0) is 40.8 Å². The molecule has 0 fully saturated rings. The Morgan fingerprint density at radius 2 is 1.57 bits per heavy atom. The van der Waals surface area contributed by atoms with Gasteiger partial charge in [0.15, 0.2) is 0 Å². The Morgan fingerprint density at radius 1 is 0.905 bits per heavy atom. The molecule has 1 heterocycles. The van der Waals surface area contributed by atoms with Crippen LogP contribution in [0.4, 0.5) is 0 Å². The SMILES string of the molecule is NC(c1cncc2ccccc12)C1Cc2ccccc2C1. The molecule has 0 saturated carbocycles. The molecule has 0 bridgehead atoms. The summed E-state index contributed by atoms with van der Waals surface area (Å²) < 4.78 is 0. The molecule has 2 nitrogen and oxygen atoms in total. The van der Waals surface area contributed by atoms with Crippen molar-refractivity contribution in [3.63, 3.8) is 0 Å². The van der Waals surface area contributed by atoms with E-state index in [9.17, 15) is 0 Å². The van der Waals surface area contributed by atoms with Crippen molar-refractivity contribution in [2.75, 3.05) is 0 Å². The molecule has 21 heavy (non-hydrogen) atoms. The lowest BCUT2D eigenvalue weighted by atomic mass is 9.90. The summed E-state index contributed by atoms with van der Waals surface area (Å²) in [5, 5.41) is 2.40. The van der Waals surface area contributed by atoms with Crippen molar-refractivity contribution in [2.24, 2.45) is 11.7 Å². The number of nitrogens with zero attached hydrogens (tertiary/aromatic N) is 1. The lowest BCUT2D eigenvalue weighted by Crippen LogP contribution is -2.22. The van der Waals surface area contributed by atoms with Gasteiger partial charge in [-0.25, -0.2) is 0 Å². The fourth-order valence-electron chi connectivity index (χ4n) is 3.51. The Labute approximate surface area is 124 Å². The topological polar surface area (TPSA) is 38.9 Å². The highest BCUT2D eigenvalue weighted by Gasteiger charge is 2.28. The smallest absolute Gasteiger partial charge is 0.0351 e. The Balaban J connectivity index is 1.71. The molecule has 4 rings (SSSR count). The molecule has 2 N–H and O–H groups in total. The summed E-state index contributed by atoms with van der Waals surface area (Å²) in [6, 6.07) is 17.1. The fourth-order valence-corrected chi connectivity index (χ4v) is 3.51. The van der Waals surface area contributed by atoms with E-state index in [2.05, 4.69) is 47.4 Å². The molecule has 3 aromatic rings. The van der Waals surface area contributed by atoms with Crippen LogP contribution in [0.25, 0.3) is 10.8 Å². The molecule has 1 unspecified atom stereocenters. The second-order valence-corrected chi connectivity index (χ2v) is 5.91. The highest BCUT2D eigenvalue weighted by Crippen LogP contribution is 2.35. The molecule has 0 saturated heterocycles. The van der Waals surface area contributed by atoms with E-state index in [4.69, 9.17) is 5.73 Å². The van der Waals surface area contributed by atoms with Crippen LogP contribution in [-0.4, -0.2) is 4.98 Å². The molecule has 0 spiro atoms. The van der Waals surface area contributed by atoms with Crippen molar-refractivity contribution in [1.82, 2.24) is 4.98 Å². The predicted octanol–water partition coefficient (Wildman–Crippen LogP) is 3.65. The lowest BCUT2D eigenvalue weighted by Gasteiger charge is -2.20. The molecule has 1 aliphatic rings. The van der Waals surface area contributed by atoms with Crippen LogP contribution < -0.4 is 5.73 Å². The maximum Gasteiger partial charge on any atom is 0.0351 e. The first kappa shape index (κ1) is 12.5. The number of nitrogens with two attached hydrogens (primary N) is 1. The minimum atomic E-state index is 0.0380. The van der Waals surface area contributed by atoms with Crippen LogP contribution in [0, 0.1) is 5.92 Å². The van der Waals surface area contributed by atoms with Gasteiger partial charge in [0.05, 0.1) is 0 Å². The van der Waals surface area contributed by atoms with Crippen molar-refractivity contribution < 1.29 is 0 Å². The van der Waals surface area contributed by atoms with Gasteiger partial charge in [0.1, 0.15) is 0 Å². The maximum absolute atomic E-state index is 6.61. The van der Waals surface area contributed by atoms with E-state index in [1.165, 1.54) is 27.5 Å². The molecule has 2 aromatic carbocycles. The van der Waals surface area contributed by atoms with Crippen LogP contribution in [0.3, 0.4) is 0 Å². The summed E-state index contributed by atoms with van der Waals surface area (Å²) >= 11 is 0. The summed E-state index contributed by atoms with van der Waals surface area (Å²) in [6.45, 7) is 0. The largest absolute Gasteiger partial charge is 0.324 e. The zero-order chi connectivity index (χ0) is 14.2. The number of benzene rings is 2. The molecule has 2 heteroatoms. The third-order valence-corrected chi connectivity index (χ3v) is 4.65. The third kappa shape index (κ3) is 2.12. The van der Waals surface area contributed by atoms with E-state index in [1.807, 2.05) is 18.5 Å². The normalized spacial score (nSPS) is 16.0. The molecular formula is C19H18N2. The van der Waals surface area contributed by atoms with E-state index in [-0.39, 0.29) is 6.04 Å². The van der Waals surface area contributed by atoms with Gasteiger partial charge in [-0.1, -0.05) is 48.5 Å². The highest BCUT2D eigenvalue weighted by atomic mass is 14.7. The zero-order valence-corrected chi connectivity index (χ0v) is 11.9. The van der Waals surface area contributed by atoms with E-state index in [0.29, 0.717) is 5.92 Å². The molecule has 0 aliphatic heterocycles. The Morgan fingerprint density at radius 3 is 2.33 bits per heavy atom. The summed E-state index contributed by atoms with van der Waals surface area (Å²) in [4.78, 5) is 4.37. The summed E-state index contributed by atoms with van der Waals surface area (Å²) in [5.41, 5.74) is 10.7. The van der Waals surface area contributed by atoms with Crippen LogP contribution in [0.5, 0.6) is 0 Å². The first-order valence-electron chi connectivity index (χ1n) is 7.48. The van der Waals surface area contributed by atoms with Gasteiger partial charge in [0.2, 0.25) is 0 Å². The van der Waals surface area contributed by atoms with Crippen LogP contribution in [0.2, 0.25) is 0 Å². The van der Waals surface area contributed by atoms with E-state index >= 15 is 0 Å². The monoisotopic (exact) mass is 274 g/mol. The van der Waals surface area contributed by atoms with Crippen molar-refractivity contribution in [3.8, 4) is 0 Å². The number of hydrogen-bond donors (Lipinski definition) is 1. The summed E-state index contributed by atoms with van der Waals surface area (Å²) in [7, 11) is 0. The molecule has 0 amide bonds. The zero-order valence-electron chi connectivity index (χ0n) is 11.9. The van der Waals surface area contributed by atoms with Crippen molar-refractivity contribution >= 4 is 10.8 Å². The second kappa shape index (κ2) is 4.97. The molecule has 1 aromatic heterocycles. The number of fused-ring (bicyclic) bond motifs is 2. The molecule has 104 valence electrons. The van der Waals surface area contributed by atoms with Crippen LogP contribution in [0.15, 0.2) is 60.9 Å². The molecule has 0 radical (unpaired) electrons. The van der Waals surface area contributed by atoms with Crippen molar-refractivity contribution in [1.29, 1.82) is 0 Å². The number of aromatic nitrogens is 1. The molecule has 1 atom stereocenters. The fraction of sp³-hybridized carbons (Fsp3) is 0.211. The van der Waals surface area contributed by atoms with Gasteiger partial charge in [-0.3, -0.25) is 4.98 Å². The quantitative estimate of drug-likeness (QED) is 0.774. The average Bonchev–Trinajstić information content (AvgIpc) is 2.97. The minimum Gasteiger partial charge on any atom is -0.324 e. The Bertz CT molecular complexity index is 764. The Kier molecular flexibility index (Phi) is 2.97. The van der Waals surface area contributed by atoms with Crippen LogP contribution in [-0.2, 0) is 12.8 Å². The van der Waals surface area contributed by atoms with Gasteiger partial charge < -0.3 is 5.73 Å². The Hall–Kier alpha value is -2.19. The third-order valence-electron chi connectivity index (χ3n) is 4.65. The molecule has 1 aliphatic carbocycles. The van der Waals surface area contributed by atoms with Crippen LogP contribution >= 0.6 is 0 Å². The first-order valence-corrected chi connectivity index (χ1v) is 7.48. The summed E-state index contributed by atoms with van der Waals surface area (Å²) in [6.07, 6.45) is 5.99. The van der Waals surface area contributed by atoms with Gasteiger partial charge in [0.25, 0.3) is 0 Å². The second-order valence-electron chi connectivity index (χ2n) is 5.91. The van der Waals surface area contributed by atoms with Gasteiger partial charge in [0, 0.05) is 23.8 Å². The van der Waals surface area contributed by atoms with Gasteiger partial charge in [-0.15, -0.1) is 0 Å². The van der Waals surface area contributed by atoms with Crippen LogP contribution in [0.1, 0.15) is 22.7 Å².